The molecule has 1 aromatic carbocycles. The quantitative estimate of drug-likeness (QED) is 0.544. The number of carbonyl (C=O) groups is 2. The van der Waals surface area contributed by atoms with Gasteiger partial charge in [0.1, 0.15) is 11.9 Å². The predicted octanol–water partition coefficient (Wildman–Crippen LogP) is 2.78. The van der Waals surface area contributed by atoms with Gasteiger partial charge in [-0.2, -0.15) is 0 Å². The van der Waals surface area contributed by atoms with Crippen LogP contribution in [0.1, 0.15) is 44.6 Å². The molecule has 1 saturated carbocycles. The number of rotatable bonds is 8. The van der Waals surface area contributed by atoms with Crippen LogP contribution >= 0.6 is 0 Å². The average molecular weight is 392 g/mol. The van der Waals surface area contributed by atoms with Crippen LogP contribution in [0.5, 0.6) is 5.75 Å². The lowest BCUT2D eigenvalue weighted by molar-refractivity contribution is -0.143. The van der Waals surface area contributed by atoms with Gasteiger partial charge in [0.25, 0.3) is 0 Å². The smallest absolute Gasteiger partial charge is 0.307 e. The second-order valence-corrected chi connectivity index (χ2v) is 7.31. The summed E-state index contributed by atoms with van der Waals surface area (Å²) in [6.45, 7) is 3.38. The van der Waals surface area contributed by atoms with Crippen molar-refractivity contribution in [3.63, 3.8) is 0 Å². The van der Waals surface area contributed by atoms with Crippen LogP contribution in [0, 0.1) is 0 Å². The Morgan fingerprint density at radius 2 is 2.04 bits per heavy atom. The van der Waals surface area contributed by atoms with Crippen LogP contribution in [-0.2, 0) is 20.7 Å². The number of esters is 1. The fourth-order valence-electron chi connectivity index (χ4n) is 3.76. The predicted molar refractivity (Wildman–Crippen MR) is 104 cm³/mol. The maximum absolute atomic E-state index is 13.3. The molecular formula is C21H29FN2O4. The first-order valence-corrected chi connectivity index (χ1v) is 10.2. The van der Waals surface area contributed by atoms with Crippen LogP contribution in [-0.4, -0.2) is 50.4 Å². The van der Waals surface area contributed by atoms with Crippen molar-refractivity contribution in [2.24, 2.45) is 0 Å². The van der Waals surface area contributed by atoms with E-state index < -0.39 is 6.17 Å². The lowest BCUT2D eigenvalue weighted by atomic mass is 9.96. The first-order chi connectivity index (χ1) is 13.6. The Hall–Kier alpha value is -2.15. The summed E-state index contributed by atoms with van der Waals surface area (Å²) < 4.78 is 24.1. The van der Waals surface area contributed by atoms with E-state index in [2.05, 4.69) is 5.32 Å². The number of fused-ring (bicyclic) bond motifs is 1. The Morgan fingerprint density at radius 3 is 2.79 bits per heavy atom. The summed E-state index contributed by atoms with van der Waals surface area (Å²) in [6, 6.07) is 5.81. The Kier molecular flexibility index (Phi) is 7.25. The number of benzene rings is 1. The molecule has 0 aromatic heterocycles. The number of nitrogens with zero attached hydrogens (tertiary/aromatic N) is 1. The first kappa shape index (κ1) is 20.6. The number of halogens is 1. The summed E-state index contributed by atoms with van der Waals surface area (Å²) >= 11 is 0. The molecule has 6 nitrogen and oxygen atoms in total. The minimum atomic E-state index is -0.689. The Labute approximate surface area is 165 Å². The SMILES string of the molecule is CCOC(=O)CCNCC(=O)N1CCc2cc(O[C@H]3CC[C@H](F)CC3)ccc21. The third-order valence-corrected chi connectivity index (χ3v) is 5.24. The molecule has 1 fully saturated rings. The zero-order valence-corrected chi connectivity index (χ0v) is 16.4. The minimum absolute atomic E-state index is 0.0162. The van der Waals surface area contributed by atoms with Crippen molar-refractivity contribution in [2.45, 2.75) is 57.7 Å². The Bertz CT molecular complexity index is 689. The lowest BCUT2D eigenvalue weighted by Crippen LogP contribution is -2.37. The Morgan fingerprint density at radius 1 is 1.25 bits per heavy atom. The molecule has 0 saturated heterocycles. The third kappa shape index (κ3) is 5.44. The summed E-state index contributed by atoms with van der Waals surface area (Å²) in [7, 11) is 0. The van der Waals surface area contributed by atoms with Gasteiger partial charge in [0.05, 0.1) is 25.7 Å². The molecule has 28 heavy (non-hydrogen) atoms. The summed E-state index contributed by atoms with van der Waals surface area (Å²) in [5.41, 5.74) is 2.01. The van der Waals surface area contributed by atoms with Gasteiger partial charge >= 0.3 is 5.97 Å². The van der Waals surface area contributed by atoms with Crippen molar-refractivity contribution < 1.29 is 23.5 Å². The minimum Gasteiger partial charge on any atom is -0.490 e. The van der Waals surface area contributed by atoms with E-state index >= 15 is 0 Å². The molecule has 3 rings (SSSR count). The molecule has 1 amide bonds. The molecule has 154 valence electrons. The molecule has 7 heteroatoms. The van der Waals surface area contributed by atoms with E-state index in [4.69, 9.17) is 9.47 Å². The van der Waals surface area contributed by atoms with Gasteiger partial charge in [-0.25, -0.2) is 4.39 Å². The van der Waals surface area contributed by atoms with Crippen molar-refractivity contribution >= 4 is 17.6 Å². The second kappa shape index (κ2) is 9.87. The van der Waals surface area contributed by atoms with E-state index in [1.54, 1.807) is 11.8 Å². The zero-order valence-electron chi connectivity index (χ0n) is 16.4. The summed E-state index contributed by atoms with van der Waals surface area (Å²) in [5, 5.41) is 3.00. The molecule has 0 atom stereocenters. The molecule has 1 heterocycles. The molecule has 1 N–H and O–H groups in total. The number of hydrogen-bond donors (Lipinski definition) is 1. The van der Waals surface area contributed by atoms with E-state index in [9.17, 15) is 14.0 Å². The van der Waals surface area contributed by atoms with Gasteiger partial charge in [-0.05, 0) is 62.8 Å². The molecule has 1 aromatic rings. The molecule has 0 radical (unpaired) electrons. The topological polar surface area (TPSA) is 67.9 Å². The maximum Gasteiger partial charge on any atom is 0.307 e. The largest absolute Gasteiger partial charge is 0.490 e. The number of amides is 1. The van der Waals surface area contributed by atoms with E-state index in [1.807, 2.05) is 18.2 Å². The van der Waals surface area contributed by atoms with Crippen LogP contribution < -0.4 is 15.0 Å². The van der Waals surface area contributed by atoms with Crippen LogP contribution in [0.4, 0.5) is 10.1 Å². The molecule has 0 spiro atoms. The molecule has 1 aliphatic carbocycles. The molecule has 2 aliphatic rings. The van der Waals surface area contributed by atoms with Gasteiger partial charge in [0.2, 0.25) is 5.91 Å². The van der Waals surface area contributed by atoms with Crippen molar-refractivity contribution in [1.29, 1.82) is 0 Å². The molecule has 0 unspecified atom stereocenters. The van der Waals surface area contributed by atoms with Crippen LogP contribution in [0.15, 0.2) is 18.2 Å². The zero-order chi connectivity index (χ0) is 19.9. The van der Waals surface area contributed by atoms with E-state index in [-0.39, 0.29) is 30.9 Å². The fraction of sp³-hybridized carbons (Fsp3) is 0.619. The molecule has 1 aliphatic heterocycles. The highest BCUT2D eigenvalue weighted by Gasteiger charge is 2.26. The van der Waals surface area contributed by atoms with Crippen molar-refractivity contribution in [3.8, 4) is 5.75 Å². The van der Waals surface area contributed by atoms with Gasteiger partial charge in [0.15, 0.2) is 0 Å². The normalized spacial score (nSPS) is 21.3. The average Bonchev–Trinajstić information content (AvgIpc) is 3.10. The lowest BCUT2D eigenvalue weighted by Gasteiger charge is -2.25. The van der Waals surface area contributed by atoms with Crippen molar-refractivity contribution in [2.75, 3.05) is 31.1 Å². The highest BCUT2D eigenvalue weighted by molar-refractivity contribution is 5.96. The maximum atomic E-state index is 13.3. The van der Waals surface area contributed by atoms with Gasteiger partial charge < -0.3 is 19.7 Å². The number of nitrogens with one attached hydrogen (secondary N) is 1. The monoisotopic (exact) mass is 392 g/mol. The first-order valence-electron chi connectivity index (χ1n) is 10.2. The summed E-state index contributed by atoms with van der Waals surface area (Å²) in [4.78, 5) is 25.6. The molecular weight excluding hydrogens is 363 g/mol. The highest BCUT2D eigenvalue weighted by Crippen LogP contribution is 2.33. The Balaban J connectivity index is 1.48. The fourth-order valence-corrected chi connectivity index (χ4v) is 3.76. The number of anilines is 1. The number of carbonyl (C=O) groups excluding carboxylic acids is 2. The van der Waals surface area contributed by atoms with Crippen LogP contribution in [0.25, 0.3) is 0 Å². The summed E-state index contributed by atoms with van der Waals surface area (Å²) in [6.07, 6.45) is 3.07. The third-order valence-electron chi connectivity index (χ3n) is 5.24. The standard InChI is InChI=1S/C21H29FN2O4/c1-2-27-21(26)9-11-23-14-20(25)24-12-10-15-13-18(7-8-19(15)24)28-17-5-3-16(22)4-6-17/h7-8,13,16-17,23H,2-6,9-12,14H2,1H3/t16-,17-. The number of ether oxygens (including phenoxy) is 2. The number of alkyl halides is 1. The van der Waals surface area contributed by atoms with Crippen LogP contribution in [0.2, 0.25) is 0 Å². The number of hydrogen-bond acceptors (Lipinski definition) is 5. The van der Waals surface area contributed by atoms with Crippen molar-refractivity contribution in [3.05, 3.63) is 23.8 Å². The van der Waals surface area contributed by atoms with Gasteiger partial charge in [-0.1, -0.05) is 0 Å². The second-order valence-electron chi connectivity index (χ2n) is 7.31. The van der Waals surface area contributed by atoms with E-state index in [0.717, 1.165) is 36.3 Å². The van der Waals surface area contributed by atoms with Gasteiger partial charge in [-0.15, -0.1) is 0 Å². The van der Waals surface area contributed by atoms with Gasteiger partial charge in [-0.3, -0.25) is 9.59 Å². The molecule has 0 bridgehead atoms. The van der Waals surface area contributed by atoms with Crippen molar-refractivity contribution in [1.82, 2.24) is 5.32 Å². The van der Waals surface area contributed by atoms with E-state index in [1.165, 1.54) is 0 Å². The van der Waals surface area contributed by atoms with Gasteiger partial charge in [0, 0.05) is 18.8 Å². The summed E-state index contributed by atoms with van der Waals surface area (Å²) in [5.74, 6) is 0.516. The van der Waals surface area contributed by atoms with Crippen LogP contribution in [0.3, 0.4) is 0 Å². The van der Waals surface area contributed by atoms with E-state index in [0.29, 0.717) is 32.5 Å². The highest BCUT2D eigenvalue weighted by atomic mass is 19.1.